The molecule has 6 heteroatoms. The van der Waals surface area contributed by atoms with Crippen molar-refractivity contribution in [1.29, 1.82) is 0 Å². The lowest BCUT2D eigenvalue weighted by atomic mass is 10.0. The lowest BCUT2D eigenvalue weighted by Gasteiger charge is -2.25. The molecular weight excluding hydrogens is 292 g/mol. The van der Waals surface area contributed by atoms with E-state index in [1.807, 2.05) is 38.1 Å². The molecule has 0 bridgehead atoms. The summed E-state index contributed by atoms with van der Waals surface area (Å²) < 4.78 is 0. The highest BCUT2D eigenvalue weighted by Crippen LogP contribution is 2.22. The molecule has 0 aliphatic heterocycles. The molecule has 2 rings (SSSR count). The minimum atomic E-state index is -0.415. The molecule has 2 unspecified atom stereocenters. The Kier molecular flexibility index (Phi) is 5.60. The number of carbonyl (C=O) groups is 1. The second kappa shape index (κ2) is 7.46. The summed E-state index contributed by atoms with van der Waals surface area (Å²) in [6.45, 7) is 6.33. The second-order valence-electron chi connectivity index (χ2n) is 6.37. The van der Waals surface area contributed by atoms with Gasteiger partial charge in [0, 0.05) is 13.6 Å². The molecule has 0 aliphatic rings. The van der Waals surface area contributed by atoms with Crippen LogP contribution in [0.1, 0.15) is 39.1 Å². The first kappa shape index (κ1) is 17.3. The van der Waals surface area contributed by atoms with Gasteiger partial charge in [0.25, 0.3) is 0 Å². The fourth-order valence-electron chi connectivity index (χ4n) is 2.40. The molecule has 1 aromatic heterocycles. The van der Waals surface area contributed by atoms with Gasteiger partial charge in [-0.15, -0.1) is 0 Å². The third kappa shape index (κ3) is 4.45. The monoisotopic (exact) mass is 318 g/mol. The summed E-state index contributed by atoms with van der Waals surface area (Å²) in [6, 6.07) is 7.47. The van der Waals surface area contributed by atoms with Crippen LogP contribution in [-0.2, 0) is 0 Å². The quantitative estimate of drug-likeness (QED) is 0.766. The SMILES string of the molecule is CC(O)CCN(C)C(=O)NC(c1nc2ccccc2[nH]1)C(C)C. The van der Waals surface area contributed by atoms with Gasteiger partial charge in [0.1, 0.15) is 5.82 Å². The lowest BCUT2D eigenvalue weighted by molar-refractivity contribution is 0.161. The summed E-state index contributed by atoms with van der Waals surface area (Å²) in [6.07, 6.45) is 0.141. The van der Waals surface area contributed by atoms with Gasteiger partial charge in [-0.2, -0.15) is 0 Å². The van der Waals surface area contributed by atoms with E-state index in [2.05, 4.69) is 15.3 Å². The molecule has 126 valence electrons. The maximum atomic E-state index is 12.4. The summed E-state index contributed by atoms with van der Waals surface area (Å²) in [5.74, 6) is 0.961. The standard InChI is InChI=1S/C17H26N4O2/c1-11(2)15(20-17(23)21(4)10-9-12(3)22)16-18-13-7-5-6-8-14(13)19-16/h5-8,11-12,15,22H,9-10H2,1-4H3,(H,18,19)(H,20,23). The summed E-state index contributed by atoms with van der Waals surface area (Å²) >= 11 is 0. The molecule has 0 radical (unpaired) electrons. The van der Waals surface area contributed by atoms with Crippen LogP contribution in [0.3, 0.4) is 0 Å². The molecule has 0 spiro atoms. The predicted molar refractivity (Wildman–Crippen MR) is 91.1 cm³/mol. The number of benzene rings is 1. The van der Waals surface area contributed by atoms with Crippen LogP contribution in [0.5, 0.6) is 0 Å². The molecule has 2 amide bonds. The first-order valence-corrected chi connectivity index (χ1v) is 8.02. The van der Waals surface area contributed by atoms with Gasteiger partial charge in [-0.05, 0) is 31.4 Å². The number of aliphatic hydroxyl groups excluding tert-OH is 1. The first-order valence-electron chi connectivity index (χ1n) is 8.02. The molecule has 2 aromatic rings. The van der Waals surface area contributed by atoms with E-state index >= 15 is 0 Å². The Labute approximate surface area is 136 Å². The molecule has 3 N–H and O–H groups in total. The number of H-pyrrole nitrogens is 1. The van der Waals surface area contributed by atoms with Crippen molar-refractivity contribution < 1.29 is 9.90 Å². The highest BCUT2D eigenvalue weighted by atomic mass is 16.3. The zero-order chi connectivity index (χ0) is 17.0. The Morgan fingerprint density at radius 1 is 1.35 bits per heavy atom. The van der Waals surface area contributed by atoms with Gasteiger partial charge in [0.2, 0.25) is 0 Å². The number of aromatic nitrogens is 2. The van der Waals surface area contributed by atoms with Gasteiger partial charge in [0.15, 0.2) is 0 Å². The first-order chi connectivity index (χ1) is 10.9. The summed E-state index contributed by atoms with van der Waals surface area (Å²) in [5, 5.41) is 12.4. The van der Waals surface area contributed by atoms with E-state index in [0.29, 0.717) is 13.0 Å². The molecule has 1 aromatic carbocycles. The van der Waals surface area contributed by atoms with Gasteiger partial charge in [0.05, 0.1) is 23.2 Å². The van der Waals surface area contributed by atoms with E-state index in [1.165, 1.54) is 0 Å². The number of carbonyl (C=O) groups excluding carboxylic acids is 1. The van der Waals surface area contributed by atoms with E-state index in [9.17, 15) is 9.90 Å². The van der Waals surface area contributed by atoms with Crippen LogP contribution in [0.2, 0.25) is 0 Å². The van der Waals surface area contributed by atoms with Crippen LogP contribution in [0, 0.1) is 5.92 Å². The molecule has 1 heterocycles. The topological polar surface area (TPSA) is 81.2 Å². The molecule has 0 saturated heterocycles. The van der Waals surface area contributed by atoms with Crippen LogP contribution >= 0.6 is 0 Å². The number of para-hydroxylation sites is 2. The van der Waals surface area contributed by atoms with Gasteiger partial charge in [-0.3, -0.25) is 0 Å². The summed E-state index contributed by atoms with van der Waals surface area (Å²) in [5.41, 5.74) is 1.86. The molecule has 0 saturated carbocycles. The van der Waals surface area contributed by atoms with Crippen LogP contribution in [-0.4, -0.2) is 45.7 Å². The third-order valence-corrected chi connectivity index (χ3v) is 3.88. The molecule has 23 heavy (non-hydrogen) atoms. The number of aromatic amines is 1. The van der Waals surface area contributed by atoms with Crippen molar-refractivity contribution in [2.24, 2.45) is 5.92 Å². The summed E-state index contributed by atoms with van der Waals surface area (Å²) in [4.78, 5) is 21.8. The number of urea groups is 1. The van der Waals surface area contributed by atoms with Crippen molar-refractivity contribution in [3.63, 3.8) is 0 Å². The highest BCUT2D eigenvalue weighted by molar-refractivity contribution is 5.76. The Balaban J connectivity index is 2.10. The average molecular weight is 318 g/mol. The Hall–Kier alpha value is -2.08. The van der Waals surface area contributed by atoms with E-state index in [1.54, 1.807) is 18.9 Å². The minimum Gasteiger partial charge on any atom is -0.393 e. The third-order valence-electron chi connectivity index (χ3n) is 3.88. The number of fused-ring (bicyclic) bond motifs is 1. The maximum absolute atomic E-state index is 12.4. The van der Waals surface area contributed by atoms with Gasteiger partial charge in [-0.25, -0.2) is 9.78 Å². The number of imidazole rings is 1. The van der Waals surface area contributed by atoms with Crippen molar-refractivity contribution in [1.82, 2.24) is 20.2 Å². The van der Waals surface area contributed by atoms with Crippen molar-refractivity contribution in [2.75, 3.05) is 13.6 Å². The van der Waals surface area contributed by atoms with E-state index in [0.717, 1.165) is 16.9 Å². The van der Waals surface area contributed by atoms with Gasteiger partial charge in [-0.1, -0.05) is 26.0 Å². The van der Waals surface area contributed by atoms with Crippen molar-refractivity contribution in [3.05, 3.63) is 30.1 Å². The summed E-state index contributed by atoms with van der Waals surface area (Å²) in [7, 11) is 1.73. The number of hydrogen-bond acceptors (Lipinski definition) is 3. The molecule has 6 nitrogen and oxygen atoms in total. The molecule has 0 aliphatic carbocycles. The fraction of sp³-hybridized carbons (Fsp3) is 0.529. The lowest BCUT2D eigenvalue weighted by Crippen LogP contribution is -2.42. The number of nitrogens with zero attached hydrogens (tertiary/aromatic N) is 2. The van der Waals surface area contributed by atoms with Crippen LogP contribution < -0.4 is 5.32 Å². The van der Waals surface area contributed by atoms with Crippen molar-refractivity contribution in [3.8, 4) is 0 Å². The average Bonchev–Trinajstić information content (AvgIpc) is 2.92. The van der Waals surface area contributed by atoms with Crippen molar-refractivity contribution in [2.45, 2.75) is 39.3 Å². The predicted octanol–water partition coefficient (Wildman–Crippen LogP) is 2.67. The zero-order valence-electron chi connectivity index (χ0n) is 14.2. The normalized spacial score (nSPS) is 14.0. The Bertz CT molecular complexity index is 618. The smallest absolute Gasteiger partial charge is 0.317 e. The number of nitrogens with one attached hydrogen (secondary N) is 2. The highest BCUT2D eigenvalue weighted by Gasteiger charge is 2.23. The minimum absolute atomic E-state index is 0.162. The number of hydrogen-bond donors (Lipinski definition) is 3. The Morgan fingerprint density at radius 2 is 2.04 bits per heavy atom. The van der Waals surface area contributed by atoms with E-state index in [4.69, 9.17) is 0 Å². The van der Waals surface area contributed by atoms with Gasteiger partial charge < -0.3 is 20.3 Å². The molecular formula is C17H26N4O2. The number of rotatable bonds is 6. The number of amides is 2. The zero-order valence-corrected chi connectivity index (χ0v) is 14.2. The molecule has 0 fully saturated rings. The van der Waals surface area contributed by atoms with Crippen LogP contribution in [0.15, 0.2) is 24.3 Å². The van der Waals surface area contributed by atoms with Gasteiger partial charge >= 0.3 is 6.03 Å². The van der Waals surface area contributed by atoms with Crippen molar-refractivity contribution >= 4 is 17.1 Å². The maximum Gasteiger partial charge on any atom is 0.317 e. The Morgan fingerprint density at radius 3 is 2.65 bits per heavy atom. The van der Waals surface area contributed by atoms with E-state index < -0.39 is 6.10 Å². The second-order valence-corrected chi connectivity index (χ2v) is 6.37. The number of aliphatic hydroxyl groups is 1. The van der Waals surface area contributed by atoms with E-state index in [-0.39, 0.29) is 18.0 Å². The largest absolute Gasteiger partial charge is 0.393 e. The fourth-order valence-corrected chi connectivity index (χ4v) is 2.40. The van der Waals surface area contributed by atoms with Crippen LogP contribution in [0.4, 0.5) is 4.79 Å². The van der Waals surface area contributed by atoms with Crippen LogP contribution in [0.25, 0.3) is 11.0 Å². The molecule has 2 atom stereocenters.